The van der Waals surface area contributed by atoms with Gasteiger partial charge in [0.15, 0.2) is 5.52 Å². The molecule has 2 aromatic rings. The van der Waals surface area contributed by atoms with Crippen molar-refractivity contribution in [3.63, 3.8) is 0 Å². The number of benzene rings is 1. The lowest BCUT2D eigenvalue weighted by atomic mass is 10.2. The molecule has 0 fully saturated rings. The highest BCUT2D eigenvalue weighted by Crippen LogP contribution is 2.29. The maximum atomic E-state index is 10.8. The van der Waals surface area contributed by atoms with Gasteiger partial charge in [-0.1, -0.05) is 0 Å². The molecule has 1 heterocycles. The van der Waals surface area contributed by atoms with Gasteiger partial charge in [0.05, 0.1) is 10.6 Å². The average molecular weight is 266 g/mol. The van der Waals surface area contributed by atoms with Crippen molar-refractivity contribution >= 4 is 22.4 Å². The number of aromatic nitrogens is 2. The van der Waals surface area contributed by atoms with Gasteiger partial charge in [-0.25, -0.2) is 4.63 Å². The summed E-state index contributed by atoms with van der Waals surface area (Å²) in [7, 11) is 1.64. The lowest BCUT2D eigenvalue weighted by molar-refractivity contribution is -0.383. The molecule has 8 nitrogen and oxygen atoms in total. The molecule has 1 aromatic heterocycles. The molecule has 0 saturated carbocycles. The highest BCUT2D eigenvalue weighted by atomic mass is 16.6. The molecule has 1 aromatic carbocycles. The normalized spacial score (nSPS) is 12.5. The van der Waals surface area contributed by atoms with Gasteiger partial charge in [-0.2, -0.15) is 0 Å². The van der Waals surface area contributed by atoms with Crippen molar-refractivity contribution in [2.24, 2.45) is 0 Å². The van der Waals surface area contributed by atoms with E-state index in [-0.39, 0.29) is 17.2 Å². The van der Waals surface area contributed by atoms with Gasteiger partial charge < -0.3 is 10.1 Å². The Morgan fingerprint density at radius 2 is 2.21 bits per heavy atom. The molecule has 8 heteroatoms. The summed E-state index contributed by atoms with van der Waals surface area (Å²) < 4.78 is 9.59. The summed E-state index contributed by atoms with van der Waals surface area (Å²) in [5.41, 5.74) is 1.05. The first kappa shape index (κ1) is 13.2. The molecule has 0 amide bonds. The predicted octanol–water partition coefficient (Wildman–Crippen LogP) is 1.97. The highest BCUT2D eigenvalue weighted by molar-refractivity contribution is 5.93. The molecular formula is C11H14N4O4. The van der Waals surface area contributed by atoms with Gasteiger partial charge in [-0.15, -0.1) is 0 Å². The number of ether oxygens (including phenoxy) is 1. The molecule has 0 aliphatic rings. The fourth-order valence-electron chi connectivity index (χ4n) is 1.75. The lowest BCUT2D eigenvalue weighted by Crippen LogP contribution is -2.17. The van der Waals surface area contributed by atoms with Crippen molar-refractivity contribution in [2.75, 3.05) is 19.0 Å². The second-order valence-electron chi connectivity index (χ2n) is 4.18. The van der Waals surface area contributed by atoms with Gasteiger partial charge in [0, 0.05) is 25.8 Å². The largest absolute Gasteiger partial charge is 0.385 e. The van der Waals surface area contributed by atoms with E-state index in [1.54, 1.807) is 13.2 Å². The molecule has 0 saturated heterocycles. The number of nitrogens with zero attached hydrogens (tertiary/aromatic N) is 3. The minimum Gasteiger partial charge on any atom is -0.385 e. The number of nitro benzene ring substituents is 1. The van der Waals surface area contributed by atoms with Crippen molar-refractivity contribution in [3.05, 3.63) is 22.2 Å². The Morgan fingerprint density at radius 3 is 2.89 bits per heavy atom. The van der Waals surface area contributed by atoms with Crippen LogP contribution in [0, 0.1) is 10.1 Å². The Labute approximate surface area is 108 Å². The van der Waals surface area contributed by atoms with Gasteiger partial charge >= 0.3 is 5.69 Å². The fourth-order valence-corrected chi connectivity index (χ4v) is 1.75. The van der Waals surface area contributed by atoms with E-state index in [1.165, 1.54) is 6.07 Å². The number of non-ortho nitro benzene ring substituents is 1. The van der Waals surface area contributed by atoms with Crippen LogP contribution < -0.4 is 5.32 Å². The smallest absolute Gasteiger partial charge is 0.300 e. The average Bonchev–Trinajstić information content (AvgIpc) is 2.85. The Balaban J connectivity index is 2.27. The molecule has 102 valence electrons. The van der Waals surface area contributed by atoms with Crippen LogP contribution in [0.15, 0.2) is 16.8 Å². The number of anilines is 1. The van der Waals surface area contributed by atoms with Crippen LogP contribution in [0.3, 0.4) is 0 Å². The molecule has 2 rings (SSSR count). The summed E-state index contributed by atoms with van der Waals surface area (Å²) in [6, 6.07) is 3.13. The van der Waals surface area contributed by atoms with E-state index in [2.05, 4.69) is 20.3 Å². The zero-order valence-electron chi connectivity index (χ0n) is 10.6. The summed E-state index contributed by atoms with van der Waals surface area (Å²) in [5, 5.41) is 21.3. The van der Waals surface area contributed by atoms with Crippen LogP contribution in [0.4, 0.5) is 11.4 Å². The van der Waals surface area contributed by atoms with E-state index in [9.17, 15) is 10.1 Å². The van der Waals surface area contributed by atoms with Gasteiger partial charge in [-0.3, -0.25) is 10.1 Å². The molecule has 1 unspecified atom stereocenters. The molecule has 0 spiro atoms. The third-order valence-electron chi connectivity index (χ3n) is 2.75. The predicted molar refractivity (Wildman–Crippen MR) is 68.0 cm³/mol. The van der Waals surface area contributed by atoms with Crippen molar-refractivity contribution in [2.45, 2.75) is 19.4 Å². The molecule has 0 radical (unpaired) electrons. The topological polar surface area (TPSA) is 103 Å². The van der Waals surface area contributed by atoms with Gasteiger partial charge in [-0.05, 0) is 29.7 Å². The summed E-state index contributed by atoms with van der Waals surface area (Å²) in [6.45, 7) is 2.61. The number of nitro groups is 1. The second kappa shape index (κ2) is 5.61. The second-order valence-corrected chi connectivity index (χ2v) is 4.18. The summed E-state index contributed by atoms with van der Waals surface area (Å²) in [5.74, 6) is 0. The van der Waals surface area contributed by atoms with Crippen LogP contribution >= 0.6 is 0 Å². The minimum absolute atomic E-state index is 0.119. The van der Waals surface area contributed by atoms with E-state index < -0.39 is 4.92 Å². The summed E-state index contributed by atoms with van der Waals surface area (Å²) in [4.78, 5) is 10.3. The first-order valence-corrected chi connectivity index (χ1v) is 5.78. The monoisotopic (exact) mass is 266 g/mol. The Hall–Kier alpha value is -2.22. The van der Waals surface area contributed by atoms with Crippen LogP contribution in [0.25, 0.3) is 11.0 Å². The van der Waals surface area contributed by atoms with Crippen molar-refractivity contribution in [1.82, 2.24) is 10.3 Å². The maximum Gasteiger partial charge on any atom is 0.300 e. The van der Waals surface area contributed by atoms with Crippen molar-refractivity contribution in [3.8, 4) is 0 Å². The summed E-state index contributed by atoms with van der Waals surface area (Å²) >= 11 is 0. The number of rotatable bonds is 6. The SMILES string of the molecule is COCCC(C)Nc1ccc([N+](=O)[O-])c2nonc12. The molecular weight excluding hydrogens is 252 g/mol. The molecule has 0 aliphatic carbocycles. The lowest BCUT2D eigenvalue weighted by Gasteiger charge is -2.14. The molecule has 0 aliphatic heterocycles. The van der Waals surface area contributed by atoms with Gasteiger partial charge in [0.25, 0.3) is 0 Å². The number of methoxy groups -OCH3 is 1. The zero-order chi connectivity index (χ0) is 13.8. The maximum absolute atomic E-state index is 10.8. The number of fused-ring (bicyclic) bond motifs is 1. The molecule has 1 N–H and O–H groups in total. The fraction of sp³-hybridized carbons (Fsp3) is 0.455. The summed E-state index contributed by atoms with van der Waals surface area (Å²) in [6.07, 6.45) is 0.806. The van der Waals surface area contributed by atoms with Crippen LogP contribution in [-0.2, 0) is 4.74 Å². The Morgan fingerprint density at radius 1 is 1.47 bits per heavy atom. The molecule has 0 bridgehead atoms. The Bertz CT molecular complexity index is 583. The van der Waals surface area contributed by atoms with Gasteiger partial charge in [0.2, 0.25) is 5.52 Å². The first-order valence-electron chi connectivity index (χ1n) is 5.78. The number of nitrogens with one attached hydrogen (secondary N) is 1. The highest BCUT2D eigenvalue weighted by Gasteiger charge is 2.20. The quantitative estimate of drug-likeness (QED) is 0.629. The molecule has 1 atom stereocenters. The van der Waals surface area contributed by atoms with E-state index in [0.29, 0.717) is 17.8 Å². The van der Waals surface area contributed by atoms with Crippen LogP contribution in [0.1, 0.15) is 13.3 Å². The molecule has 19 heavy (non-hydrogen) atoms. The van der Waals surface area contributed by atoms with Crippen molar-refractivity contribution < 1.29 is 14.3 Å². The van der Waals surface area contributed by atoms with E-state index in [4.69, 9.17) is 4.74 Å². The van der Waals surface area contributed by atoms with Crippen LogP contribution in [0.5, 0.6) is 0 Å². The zero-order valence-corrected chi connectivity index (χ0v) is 10.6. The third-order valence-corrected chi connectivity index (χ3v) is 2.75. The third kappa shape index (κ3) is 2.79. The van der Waals surface area contributed by atoms with E-state index in [0.717, 1.165) is 6.42 Å². The van der Waals surface area contributed by atoms with E-state index >= 15 is 0 Å². The van der Waals surface area contributed by atoms with Crippen LogP contribution in [0.2, 0.25) is 0 Å². The van der Waals surface area contributed by atoms with Gasteiger partial charge in [0.1, 0.15) is 0 Å². The number of hydrogen-bond acceptors (Lipinski definition) is 7. The van der Waals surface area contributed by atoms with E-state index in [1.807, 2.05) is 6.92 Å². The standard InChI is InChI=1S/C11H14N4O4/c1-7(5-6-18-2)12-8-3-4-9(15(16)17)11-10(8)13-19-14-11/h3-4,7,12H,5-6H2,1-2H3. The minimum atomic E-state index is -0.509. The Kier molecular flexibility index (Phi) is 3.91. The van der Waals surface area contributed by atoms with Crippen molar-refractivity contribution in [1.29, 1.82) is 0 Å². The van der Waals surface area contributed by atoms with Crippen LogP contribution in [-0.4, -0.2) is 35.0 Å². The number of hydrogen-bond donors (Lipinski definition) is 1. The first-order chi connectivity index (χ1) is 9.13.